The molecular weight excluding hydrogens is 238 g/mol. The molecule has 3 N–H and O–H groups in total. The van der Waals surface area contributed by atoms with Crippen molar-refractivity contribution >= 4 is 5.91 Å². The molecule has 0 bridgehead atoms. The van der Waals surface area contributed by atoms with Crippen LogP contribution in [0.1, 0.15) is 44.9 Å². The number of rotatable bonds is 4. The summed E-state index contributed by atoms with van der Waals surface area (Å²) < 4.78 is 0. The molecule has 0 spiro atoms. The summed E-state index contributed by atoms with van der Waals surface area (Å²) in [5, 5.41) is 3.27. The Morgan fingerprint density at radius 3 is 2.37 bits per heavy atom. The zero-order valence-electron chi connectivity index (χ0n) is 12.2. The molecule has 0 unspecified atom stereocenters. The van der Waals surface area contributed by atoms with E-state index >= 15 is 0 Å². The Labute approximate surface area is 117 Å². The van der Waals surface area contributed by atoms with Crippen molar-refractivity contribution in [1.82, 2.24) is 10.2 Å². The van der Waals surface area contributed by atoms with E-state index in [9.17, 15) is 4.79 Å². The molecule has 0 aromatic heterocycles. The van der Waals surface area contributed by atoms with Gasteiger partial charge >= 0.3 is 0 Å². The fraction of sp³-hybridized carbons (Fsp3) is 0.933. The molecule has 1 saturated heterocycles. The minimum Gasteiger partial charge on any atom is -0.353 e. The molecule has 1 aliphatic carbocycles. The van der Waals surface area contributed by atoms with Crippen LogP contribution in [0.5, 0.6) is 0 Å². The molecule has 2 fully saturated rings. The van der Waals surface area contributed by atoms with Gasteiger partial charge in [-0.15, -0.1) is 0 Å². The predicted molar refractivity (Wildman–Crippen MR) is 77.8 cm³/mol. The number of nitrogens with two attached hydrogens (primary N) is 1. The molecule has 0 atom stereocenters. The molecule has 1 saturated carbocycles. The zero-order chi connectivity index (χ0) is 13.7. The van der Waals surface area contributed by atoms with Crippen molar-refractivity contribution in [3.8, 4) is 0 Å². The SMILES string of the molecule is CN1CCC(NC(=O)C2CCC(CCN)CC2)CC1. The van der Waals surface area contributed by atoms with E-state index in [1.807, 2.05) is 0 Å². The molecular formula is C15H29N3O. The summed E-state index contributed by atoms with van der Waals surface area (Å²) in [5.41, 5.74) is 5.61. The van der Waals surface area contributed by atoms with E-state index in [1.165, 1.54) is 12.8 Å². The monoisotopic (exact) mass is 267 g/mol. The molecule has 0 radical (unpaired) electrons. The van der Waals surface area contributed by atoms with Crippen LogP contribution in [0, 0.1) is 11.8 Å². The maximum Gasteiger partial charge on any atom is 0.223 e. The van der Waals surface area contributed by atoms with Crippen molar-refractivity contribution in [3.05, 3.63) is 0 Å². The van der Waals surface area contributed by atoms with Crippen LogP contribution in [0.25, 0.3) is 0 Å². The number of hydrogen-bond acceptors (Lipinski definition) is 3. The highest BCUT2D eigenvalue weighted by atomic mass is 16.1. The standard InChI is InChI=1S/C15H29N3O/c1-18-10-7-14(8-11-18)17-15(19)13-4-2-12(3-5-13)6-9-16/h12-14H,2-11,16H2,1H3,(H,17,19). The summed E-state index contributed by atoms with van der Waals surface area (Å²) in [5.74, 6) is 1.33. The molecule has 4 heteroatoms. The average Bonchev–Trinajstić information content (AvgIpc) is 2.42. The van der Waals surface area contributed by atoms with Gasteiger partial charge in [-0.1, -0.05) is 0 Å². The van der Waals surface area contributed by atoms with Crippen molar-refractivity contribution < 1.29 is 4.79 Å². The average molecular weight is 267 g/mol. The summed E-state index contributed by atoms with van der Waals surface area (Å²) in [6, 6.07) is 0.408. The number of piperidine rings is 1. The molecule has 4 nitrogen and oxygen atoms in total. The van der Waals surface area contributed by atoms with Gasteiger partial charge < -0.3 is 16.0 Å². The van der Waals surface area contributed by atoms with Crippen molar-refractivity contribution in [2.45, 2.75) is 51.0 Å². The third-order valence-electron chi connectivity index (χ3n) is 4.86. The zero-order valence-corrected chi connectivity index (χ0v) is 12.2. The summed E-state index contributed by atoms with van der Waals surface area (Å²) in [6.45, 7) is 3.00. The minimum atomic E-state index is 0.258. The highest BCUT2D eigenvalue weighted by molar-refractivity contribution is 5.79. The molecule has 1 heterocycles. The maximum atomic E-state index is 12.3. The van der Waals surface area contributed by atoms with Crippen LogP contribution < -0.4 is 11.1 Å². The van der Waals surface area contributed by atoms with Gasteiger partial charge in [0.25, 0.3) is 0 Å². The second-order valence-electron chi connectivity index (χ2n) is 6.38. The van der Waals surface area contributed by atoms with Crippen LogP contribution in [-0.2, 0) is 4.79 Å². The number of nitrogens with one attached hydrogen (secondary N) is 1. The Hall–Kier alpha value is -0.610. The third-order valence-corrected chi connectivity index (χ3v) is 4.86. The third kappa shape index (κ3) is 4.46. The maximum absolute atomic E-state index is 12.3. The Bertz CT molecular complexity index is 279. The number of likely N-dealkylation sites (tertiary alicyclic amines) is 1. The van der Waals surface area contributed by atoms with Crippen molar-refractivity contribution in [2.24, 2.45) is 17.6 Å². The Morgan fingerprint density at radius 1 is 1.16 bits per heavy atom. The van der Waals surface area contributed by atoms with Crippen LogP contribution >= 0.6 is 0 Å². The Morgan fingerprint density at radius 2 is 1.79 bits per heavy atom. The second kappa shape index (κ2) is 7.25. The summed E-state index contributed by atoms with van der Waals surface area (Å²) in [4.78, 5) is 14.6. The highest BCUT2D eigenvalue weighted by Gasteiger charge is 2.27. The Kier molecular flexibility index (Phi) is 5.64. The van der Waals surface area contributed by atoms with Crippen molar-refractivity contribution in [3.63, 3.8) is 0 Å². The first kappa shape index (κ1) is 14.8. The first-order valence-electron chi connectivity index (χ1n) is 7.88. The lowest BCUT2D eigenvalue weighted by atomic mass is 9.80. The lowest BCUT2D eigenvalue weighted by molar-refractivity contribution is -0.127. The topological polar surface area (TPSA) is 58.4 Å². The highest BCUT2D eigenvalue weighted by Crippen LogP contribution is 2.30. The van der Waals surface area contributed by atoms with Gasteiger partial charge in [0.15, 0.2) is 0 Å². The Balaban J connectivity index is 1.69. The van der Waals surface area contributed by atoms with E-state index in [0.717, 1.165) is 57.7 Å². The number of amides is 1. The van der Waals surface area contributed by atoms with E-state index < -0.39 is 0 Å². The fourth-order valence-corrected chi connectivity index (χ4v) is 3.42. The molecule has 1 aliphatic heterocycles. The van der Waals surface area contributed by atoms with E-state index in [4.69, 9.17) is 5.73 Å². The first-order valence-corrected chi connectivity index (χ1v) is 7.88. The minimum absolute atomic E-state index is 0.258. The first-order chi connectivity index (χ1) is 9.19. The van der Waals surface area contributed by atoms with E-state index in [2.05, 4.69) is 17.3 Å². The quantitative estimate of drug-likeness (QED) is 0.808. The van der Waals surface area contributed by atoms with Crippen LogP contribution in [0.15, 0.2) is 0 Å². The van der Waals surface area contributed by atoms with E-state index in [-0.39, 0.29) is 5.92 Å². The summed E-state index contributed by atoms with van der Waals surface area (Å²) in [6.07, 6.45) is 7.82. The smallest absolute Gasteiger partial charge is 0.223 e. The predicted octanol–water partition coefficient (Wildman–Crippen LogP) is 1.35. The number of hydrogen-bond donors (Lipinski definition) is 2. The van der Waals surface area contributed by atoms with Crippen LogP contribution in [0.4, 0.5) is 0 Å². The number of nitrogens with zero attached hydrogens (tertiary/aromatic N) is 1. The van der Waals surface area contributed by atoms with Crippen LogP contribution in [0.3, 0.4) is 0 Å². The molecule has 2 rings (SSSR count). The van der Waals surface area contributed by atoms with E-state index in [1.54, 1.807) is 0 Å². The number of carbonyl (C=O) groups is 1. The summed E-state index contributed by atoms with van der Waals surface area (Å²) in [7, 11) is 2.15. The van der Waals surface area contributed by atoms with Crippen LogP contribution in [0.2, 0.25) is 0 Å². The molecule has 110 valence electrons. The lowest BCUT2D eigenvalue weighted by Gasteiger charge is -2.32. The molecule has 2 aliphatic rings. The molecule has 1 amide bonds. The second-order valence-corrected chi connectivity index (χ2v) is 6.38. The lowest BCUT2D eigenvalue weighted by Crippen LogP contribution is -2.45. The molecule has 19 heavy (non-hydrogen) atoms. The van der Waals surface area contributed by atoms with Crippen LogP contribution in [-0.4, -0.2) is 43.5 Å². The van der Waals surface area contributed by atoms with Gasteiger partial charge in [-0.25, -0.2) is 0 Å². The largest absolute Gasteiger partial charge is 0.353 e. The van der Waals surface area contributed by atoms with Gasteiger partial charge in [0.05, 0.1) is 0 Å². The summed E-state index contributed by atoms with van der Waals surface area (Å²) >= 11 is 0. The normalized spacial score (nSPS) is 30.2. The van der Waals surface area contributed by atoms with Crippen molar-refractivity contribution in [2.75, 3.05) is 26.7 Å². The number of carbonyl (C=O) groups excluding carboxylic acids is 1. The van der Waals surface area contributed by atoms with Gasteiger partial charge in [-0.3, -0.25) is 4.79 Å². The fourth-order valence-electron chi connectivity index (χ4n) is 3.42. The van der Waals surface area contributed by atoms with Crippen molar-refractivity contribution in [1.29, 1.82) is 0 Å². The van der Waals surface area contributed by atoms with Gasteiger partial charge in [-0.05, 0) is 77.5 Å². The molecule has 0 aromatic rings. The van der Waals surface area contributed by atoms with Gasteiger partial charge in [0.1, 0.15) is 0 Å². The van der Waals surface area contributed by atoms with Gasteiger partial charge in [0.2, 0.25) is 5.91 Å². The van der Waals surface area contributed by atoms with Gasteiger partial charge in [-0.2, -0.15) is 0 Å². The van der Waals surface area contributed by atoms with Gasteiger partial charge in [0, 0.05) is 12.0 Å². The van der Waals surface area contributed by atoms with E-state index in [0.29, 0.717) is 11.9 Å². The molecule has 0 aromatic carbocycles.